The summed E-state index contributed by atoms with van der Waals surface area (Å²) in [5.74, 6) is -2.20. The summed E-state index contributed by atoms with van der Waals surface area (Å²) in [4.78, 5) is 81.9. The van der Waals surface area contributed by atoms with Gasteiger partial charge in [-0.15, -0.1) is 11.3 Å². The highest BCUT2D eigenvalue weighted by Crippen LogP contribution is 2.32. The van der Waals surface area contributed by atoms with E-state index in [0.29, 0.717) is 43.5 Å². The Morgan fingerprint density at radius 3 is 2.58 bits per heavy atom. The van der Waals surface area contributed by atoms with E-state index in [1.54, 1.807) is 17.5 Å². The van der Waals surface area contributed by atoms with E-state index in [1.165, 1.54) is 46.7 Å². The van der Waals surface area contributed by atoms with Crippen LogP contribution in [0.4, 0.5) is 21.6 Å². The molecule has 0 bridgehead atoms. The van der Waals surface area contributed by atoms with Gasteiger partial charge in [0.1, 0.15) is 11.9 Å². The van der Waals surface area contributed by atoms with Crippen molar-refractivity contribution in [2.24, 2.45) is 0 Å². The number of amides is 6. The maximum Gasteiger partial charge on any atom is 0.257 e. The van der Waals surface area contributed by atoms with Crippen molar-refractivity contribution < 1.29 is 33.2 Å². The maximum absolute atomic E-state index is 14.0. The number of imide groups is 1. The highest BCUT2D eigenvalue weighted by molar-refractivity contribution is 7.17. The number of aromatic nitrogens is 1. The van der Waals surface area contributed by atoms with E-state index >= 15 is 0 Å². The van der Waals surface area contributed by atoms with E-state index in [-0.39, 0.29) is 64.4 Å². The molecule has 304 valence electrons. The van der Waals surface area contributed by atoms with Crippen molar-refractivity contribution >= 4 is 85.7 Å². The lowest BCUT2D eigenvalue weighted by atomic mass is 10.0. The van der Waals surface area contributed by atoms with Gasteiger partial charge in [-0.05, 0) is 66.8 Å². The number of carbonyl (C=O) groups excluding carboxylic acids is 6. The van der Waals surface area contributed by atoms with Crippen LogP contribution in [-0.2, 0) is 27.5 Å². The van der Waals surface area contributed by atoms with Crippen molar-refractivity contribution in [3.63, 3.8) is 0 Å². The van der Waals surface area contributed by atoms with Gasteiger partial charge in [0, 0.05) is 59.7 Å². The van der Waals surface area contributed by atoms with Crippen molar-refractivity contribution in [1.29, 1.82) is 0 Å². The number of halogens is 2. The topological polar surface area (TPSA) is 179 Å². The van der Waals surface area contributed by atoms with Crippen molar-refractivity contribution in [2.75, 3.05) is 17.2 Å². The van der Waals surface area contributed by atoms with E-state index < -0.39 is 23.7 Å². The normalized spacial score (nSPS) is 14.8. The molecule has 3 aromatic carbocycles. The SMILES string of the molecule is O=C(CCCCCCCNC(=O)c1cnc(Nc2cc(F)ccc2Cl)c(NC(=O)c2csc3ccccc23)c1)NCc1ccc2c(c1)CN(C1CCC(=O)NC1=O)C2=O. The summed E-state index contributed by atoms with van der Waals surface area (Å²) in [6.07, 6.45) is 6.23. The molecule has 0 aliphatic carbocycles. The number of thiophene rings is 1. The molecule has 1 atom stereocenters. The number of hydrogen-bond donors (Lipinski definition) is 5. The summed E-state index contributed by atoms with van der Waals surface area (Å²) < 4.78 is 15.0. The van der Waals surface area contributed by atoms with Crippen LogP contribution in [0.5, 0.6) is 0 Å². The molecule has 4 heterocycles. The zero-order valence-corrected chi connectivity index (χ0v) is 33.4. The summed E-state index contributed by atoms with van der Waals surface area (Å²) in [5, 5.41) is 16.8. The third kappa shape index (κ3) is 9.92. The van der Waals surface area contributed by atoms with Crippen LogP contribution in [0.3, 0.4) is 0 Å². The Morgan fingerprint density at radius 1 is 0.915 bits per heavy atom. The van der Waals surface area contributed by atoms with Gasteiger partial charge in [-0.3, -0.25) is 34.1 Å². The second-order valence-electron chi connectivity index (χ2n) is 14.4. The molecule has 0 spiro atoms. The first-order valence-corrected chi connectivity index (χ1v) is 20.6. The fraction of sp³-hybridized carbons (Fsp3) is 0.279. The van der Waals surface area contributed by atoms with Gasteiger partial charge in [0.15, 0.2) is 5.82 Å². The molecule has 0 radical (unpaired) electrons. The first kappa shape index (κ1) is 41.0. The quantitative estimate of drug-likeness (QED) is 0.0510. The molecule has 1 unspecified atom stereocenters. The minimum atomic E-state index is -0.676. The fourth-order valence-corrected chi connectivity index (χ4v) is 8.23. The second-order valence-corrected chi connectivity index (χ2v) is 15.7. The number of hydrogen-bond acceptors (Lipinski definition) is 9. The predicted octanol–water partition coefficient (Wildman–Crippen LogP) is 7.23. The molecule has 6 amide bonds. The molecule has 7 rings (SSSR count). The van der Waals surface area contributed by atoms with Gasteiger partial charge in [0.2, 0.25) is 17.7 Å². The predicted molar refractivity (Wildman–Crippen MR) is 223 cm³/mol. The number of pyridine rings is 1. The lowest BCUT2D eigenvalue weighted by Gasteiger charge is -2.29. The number of unbranched alkanes of at least 4 members (excludes halogenated alkanes) is 4. The standard InChI is InChI=1S/C43H41ClFN7O6S/c44-32-14-12-28(45)20-33(32)49-39-34(50-41(56)31-24-59-36-9-6-5-8-30(31)36)19-26(22-48-39)40(55)46-17-7-3-1-2-4-10-37(53)47-21-25-11-13-29-27(18-25)23-52(43(29)58)35-15-16-38(54)51-42(35)57/h5-6,8-9,11-14,18-20,22,24,35H,1-4,7,10,15-17,21,23H2,(H,46,55)(H,47,53)(H,48,49)(H,50,56)(H,51,54,57). The van der Waals surface area contributed by atoms with Gasteiger partial charge in [0.25, 0.3) is 17.7 Å². The number of nitrogens with zero attached hydrogens (tertiary/aromatic N) is 2. The molecular formula is C43H41ClFN7O6S. The molecular weight excluding hydrogens is 797 g/mol. The number of carbonyl (C=O) groups is 6. The number of piperidine rings is 1. The third-order valence-corrected chi connectivity index (χ3v) is 11.5. The van der Waals surface area contributed by atoms with Crippen molar-refractivity contribution in [1.82, 2.24) is 25.8 Å². The van der Waals surface area contributed by atoms with E-state index in [4.69, 9.17) is 11.6 Å². The Morgan fingerprint density at radius 2 is 1.73 bits per heavy atom. The first-order valence-electron chi connectivity index (χ1n) is 19.3. The van der Waals surface area contributed by atoms with E-state index in [9.17, 15) is 33.2 Å². The minimum Gasteiger partial charge on any atom is -0.352 e. The van der Waals surface area contributed by atoms with Gasteiger partial charge in [-0.2, -0.15) is 0 Å². The summed E-state index contributed by atoms with van der Waals surface area (Å²) >= 11 is 7.73. The smallest absolute Gasteiger partial charge is 0.257 e. The van der Waals surface area contributed by atoms with E-state index in [0.717, 1.165) is 46.9 Å². The van der Waals surface area contributed by atoms with Gasteiger partial charge in [-0.25, -0.2) is 9.37 Å². The summed E-state index contributed by atoms with van der Waals surface area (Å²) in [5.41, 5.74) is 3.30. The van der Waals surface area contributed by atoms with Crippen LogP contribution in [0, 0.1) is 5.82 Å². The molecule has 0 saturated carbocycles. The van der Waals surface area contributed by atoms with Crippen LogP contribution < -0.4 is 26.6 Å². The molecule has 13 nitrogen and oxygen atoms in total. The number of anilines is 3. The maximum atomic E-state index is 14.0. The van der Waals surface area contributed by atoms with E-state index in [1.807, 2.05) is 30.3 Å². The van der Waals surface area contributed by atoms with Crippen molar-refractivity contribution in [3.8, 4) is 0 Å². The Hall–Kier alpha value is -6.19. The monoisotopic (exact) mass is 837 g/mol. The molecule has 5 N–H and O–H groups in total. The number of benzene rings is 3. The van der Waals surface area contributed by atoms with Gasteiger partial charge in [-0.1, -0.05) is 61.2 Å². The van der Waals surface area contributed by atoms with Crippen LogP contribution in [0.1, 0.15) is 93.6 Å². The Kier molecular flexibility index (Phi) is 12.9. The highest BCUT2D eigenvalue weighted by Gasteiger charge is 2.39. The Balaban J connectivity index is 0.838. The molecule has 2 aromatic heterocycles. The van der Waals surface area contributed by atoms with Crippen LogP contribution in [0.15, 0.2) is 78.3 Å². The zero-order chi connectivity index (χ0) is 41.5. The fourth-order valence-electron chi connectivity index (χ4n) is 7.12. The molecule has 1 fully saturated rings. The number of fused-ring (bicyclic) bond motifs is 2. The highest BCUT2D eigenvalue weighted by atomic mass is 35.5. The zero-order valence-electron chi connectivity index (χ0n) is 31.9. The molecule has 2 aliphatic rings. The third-order valence-electron chi connectivity index (χ3n) is 10.2. The van der Waals surface area contributed by atoms with Gasteiger partial charge >= 0.3 is 0 Å². The molecule has 1 saturated heterocycles. The number of rotatable bonds is 16. The van der Waals surface area contributed by atoms with Gasteiger partial charge < -0.3 is 26.2 Å². The summed E-state index contributed by atoms with van der Waals surface area (Å²) in [6, 6.07) is 17.6. The van der Waals surface area contributed by atoms with Crippen molar-refractivity contribution in [3.05, 3.63) is 117 Å². The largest absolute Gasteiger partial charge is 0.352 e. The lowest BCUT2D eigenvalue weighted by molar-refractivity contribution is -0.137. The van der Waals surface area contributed by atoms with Crippen LogP contribution in [0.2, 0.25) is 5.02 Å². The summed E-state index contributed by atoms with van der Waals surface area (Å²) in [7, 11) is 0. The molecule has 59 heavy (non-hydrogen) atoms. The summed E-state index contributed by atoms with van der Waals surface area (Å²) in [6.45, 7) is 1.00. The number of nitrogens with one attached hydrogen (secondary N) is 5. The Bertz CT molecular complexity index is 2460. The van der Waals surface area contributed by atoms with E-state index in [2.05, 4.69) is 31.6 Å². The average molecular weight is 838 g/mol. The Labute approximate surface area is 348 Å². The van der Waals surface area contributed by atoms with Crippen LogP contribution in [0.25, 0.3) is 10.1 Å². The van der Waals surface area contributed by atoms with Crippen molar-refractivity contribution in [2.45, 2.75) is 70.5 Å². The lowest BCUT2D eigenvalue weighted by Crippen LogP contribution is -2.52. The molecule has 5 aromatic rings. The molecule has 2 aliphatic heterocycles. The second kappa shape index (κ2) is 18.6. The van der Waals surface area contributed by atoms with Crippen LogP contribution >= 0.6 is 22.9 Å². The van der Waals surface area contributed by atoms with Gasteiger partial charge in [0.05, 0.1) is 27.5 Å². The minimum absolute atomic E-state index is 0.0768. The molecule has 16 heteroatoms. The first-order chi connectivity index (χ1) is 28.5. The van der Waals surface area contributed by atoms with Crippen LogP contribution in [-0.4, -0.2) is 57.9 Å². The average Bonchev–Trinajstić information content (AvgIpc) is 3.80.